The third kappa shape index (κ3) is 2.97. The van der Waals surface area contributed by atoms with Crippen molar-refractivity contribution >= 4 is 28.7 Å². The standard InChI is InChI=1S/C11H13N5O3/c1-16-6-15-10-7(16)2-3-12-11(10)14-4-8(17)13-5-9(18)19/h2-3,6H,4-5H2,1H3,(H,12,14)(H,13,17)(H,18,19). The fourth-order valence-electron chi connectivity index (χ4n) is 1.59. The highest BCUT2D eigenvalue weighted by Crippen LogP contribution is 2.17. The second kappa shape index (κ2) is 5.34. The van der Waals surface area contributed by atoms with Crippen molar-refractivity contribution < 1.29 is 14.7 Å². The smallest absolute Gasteiger partial charge is 0.322 e. The minimum Gasteiger partial charge on any atom is -0.480 e. The van der Waals surface area contributed by atoms with Crippen molar-refractivity contribution in [2.45, 2.75) is 0 Å². The summed E-state index contributed by atoms with van der Waals surface area (Å²) >= 11 is 0. The average Bonchev–Trinajstić information content (AvgIpc) is 2.76. The number of imidazole rings is 1. The third-order valence-electron chi connectivity index (χ3n) is 2.50. The van der Waals surface area contributed by atoms with Crippen molar-refractivity contribution in [1.82, 2.24) is 19.9 Å². The van der Waals surface area contributed by atoms with Gasteiger partial charge in [-0.15, -0.1) is 0 Å². The molecule has 0 atom stereocenters. The number of hydrogen-bond donors (Lipinski definition) is 3. The number of aromatic nitrogens is 3. The molecule has 2 aromatic heterocycles. The molecular weight excluding hydrogens is 250 g/mol. The van der Waals surface area contributed by atoms with Gasteiger partial charge in [0.1, 0.15) is 12.1 Å². The fraction of sp³-hybridized carbons (Fsp3) is 0.273. The SMILES string of the molecule is Cn1cnc2c(NCC(=O)NCC(=O)O)nccc21. The van der Waals surface area contributed by atoms with E-state index in [1.807, 2.05) is 17.7 Å². The first-order valence-corrected chi connectivity index (χ1v) is 5.56. The maximum absolute atomic E-state index is 11.4. The minimum atomic E-state index is -1.08. The van der Waals surface area contributed by atoms with Crippen LogP contribution < -0.4 is 10.6 Å². The molecule has 0 aliphatic heterocycles. The molecule has 1 amide bonds. The topological polar surface area (TPSA) is 109 Å². The van der Waals surface area contributed by atoms with Gasteiger partial charge in [0.25, 0.3) is 0 Å². The molecule has 0 saturated heterocycles. The van der Waals surface area contributed by atoms with Crippen LogP contribution in [0.3, 0.4) is 0 Å². The lowest BCUT2D eigenvalue weighted by atomic mass is 10.3. The molecule has 2 heterocycles. The van der Waals surface area contributed by atoms with E-state index < -0.39 is 18.4 Å². The van der Waals surface area contributed by atoms with Crippen LogP contribution in [0.15, 0.2) is 18.6 Å². The summed E-state index contributed by atoms with van der Waals surface area (Å²) in [6.07, 6.45) is 3.27. The van der Waals surface area contributed by atoms with Crippen LogP contribution in [-0.4, -0.2) is 44.6 Å². The van der Waals surface area contributed by atoms with E-state index in [0.717, 1.165) is 5.52 Å². The van der Waals surface area contributed by atoms with Crippen LogP contribution in [0.1, 0.15) is 0 Å². The Morgan fingerprint density at radius 1 is 1.37 bits per heavy atom. The van der Waals surface area contributed by atoms with Gasteiger partial charge in [-0.25, -0.2) is 9.97 Å². The van der Waals surface area contributed by atoms with E-state index in [4.69, 9.17) is 5.11 Å². The number of carboxylic acids is 1. The molecule has 0 saturated carbocycles. The van der Waals surface area contributed by atoms with Gasteiger partial charge in [-0.1, -0.05) is 0 Å². The molecule has 0 aromatic carbocycles. The number of amides is 1. The zero-order valence-electron chi connectivity index (χ0n) is 10.3. The molecule has 0 aliphatic rings. The Morgan fingerprint density at radius 2 is 2.16 bits per heavy atom. The van der Waals surface area contributed by atoms with Crippen LogP contribution in [0.25, 0.3) is 11.0 Å². The molecule has 3 N–H and O–H groups in total. The summed E-state index contributed by atoms with van der Waals surface area (Å²) in [6, 6.07) is 1.82. The number of nitrogens with one attached hydrogen (secondary N) is 2. The van der Waals surface area contributed by atoms with Gasteiger partial charge in [0.15, 0.2) is 5.82 Å². The van der Waals surface area contributed by atoms with Crippen LogP contribution >= 0.6 is 0 Å². The molecule has 0 spiro atoms. The summed E-state index contributed by atoms with van der Waals surface area (Å²) in [5, 5.41) is 13.5. The number of aliphatic carboxylic acids is 1. The fourth-order valence-corrected chi connectivity index (χ4v) is 1.59. The molecule has 0 radical (unpaired) electrons. The summed E-state index contributed by atoms with van der Waals surface area (Å²) in [6.45, 7) is -0.461. The van der Waals surface area contributed by atoms with Crippen molar-refractivity contribution in [3.05, 3.63) is 18.6 Å². The van der Waals surface area contributed by atoms with E-state index >= 15 is 0 Å². The first-order chi connectivity index (χ1) is 9.08. The second-order valence-corrected chi connectivity index (χ2v) is 3.91. The summed E-state index contributed by atoms with van der Waals surface area (Å²) in [5.41, 5.74) is 1.56. The zero-order valence-corrected chi connectivity index (χ0v) is 10.3. The molecule has 0 fully saturated rings. The molecule has 0 aliphatic carbocycles. The van der Waals surface area contributed by atoms with Gasteiger partial charge in [0.2, 0.25) is 5.91 Å². The molecule has 100 valence electrons. The average molecular weight is 263 g/mol. The van der Waals surface area contributed by atoms with Gasteiger partial charge < -0.3 is 20.3 Å². The molecular formula is C11H13N5O3. The Hall–Kier alpha value is -2.64. The Morgan fingerprint density at radius 3 is 2.89 bits per heavy atom. The number of carbonyl (C=O) groups excluding carboxylic acids is 1. The molecule has 2 aromatic rings. The lowest BCUT2D eigenvalue weighted by Crippen LogP contribution is -2.34. The second-order valence-electron chi connectivity index (χ2n) is 3.91. The number of carboxylic acid groups (broad SMARTS) is 1. The number of anilines is 1. The van der Waals surface area contributed by atoms with Crippen LogP contribution in [-0.2, 0) is 16.6 Å². The van der Waals surface area contributed by atoms with Crippen LogP contribution in [0, 0.1) is 0 Å². The summed E-state index contributed by atoms with van der Waals surface area (Å²) < 4.78 is 1.84. The van der Waals surface area contributed by atoms with Crippen molar-refractivity contribution in [3.63, 3.8) is 0 Å². The highest BCUT2D eigenvalue weighted by molar-refractivity contribution is 5.89. The van der Waals surface area contributed by atoms with Gasteiger partial charge in [0.05, 0.1) is 18.4 Å². The molecule has 2 rings (SSSR count). The van der Waals surface area contributed by atoms with Crippen molar-refractivity contribution in [2.24, 2.45) is 7.05 Å². The zero-order chi connectivity index (χ0) is 13.8. The lowest BCUT2D eigenvalue weighted by molar-refractivity contribution is -0.137. The monoisotopic (exact) mass is 263 g/mol. The lowest BCUT2D eigenvalue weighted by Gasteiger charge is -2.06. The summed E-state index contributed by atoms with van der Waals surface area (Å²) in [5.74, 6) is -1.01. The molecule has 19 heavy (non-hydrogen) atoms. The summed E-state index contributed by atoms with van der Waals surface area (Å²) in [4.78, 5) is 30.0. The van der Waals surface area contributed by atoms with Gasteiger partial charge in [0, 0.05) is 13.2 Å². The van der Waals surface area contributed by atoms with E-state index in [2.05, 4.69) is 20.6 Å². The van der Waals surface area contributed by atoms with Gasteiger partial charge in [-0.2, -0.15) is 0 Å². The van der Waals surface area contributed by atoms with Crippen molar-refractivity contribution in [2.75, 3.05) is 18.4 Å². The van der Waals surface area contributed by atoms with Gasteiger partial charge >= 0.3 is 5.97 Å². The van der Waals surface area contributed by atoms with Crippen LogP contribution in [0.5, 0.6) is 0 Å². The normalized spacial score (nSPS) is 10.4. The molecule has 8 heteroatoms. The van der Waals surface area contributed by atoms with Crippen molar-refractivity contribution in [3.8, 4) is 0 Å². The number of hydrogen-bond acceptors (Lipinski definition) is 5. The van der Waals surface area contributed by atoms with Crippen LogP contribution in [0.2, 0.25) is 0 Å². The third-order valence-corrected chi connectivity index (χ3v) is 2.50. The van der Waals surface area contributed by atoms with E-state index in [9.17, 15) is 9.59 Å². The first kappa shape index (κ1) is 12.8. The van der Waals surface area contributed by atoms with Crippen molar-refractivity contribution in [1.29, 1.82) is 0 Å². The Bertz CT molecular complexity index is 622. The first-order valence-electron chi connectivity index (χ1n) is 5.56. The Labute approximate surface area is 108 Å². The van der Waals surface area contributed by atoms with E-state index in [1.165, 1.54) is 0 Å². The predicted octanol–water partition coefficient (Wildman–Crippen LogP) is -0.419. The highest BCUT2D eigenvalue weighted by Gasteiger charge is 2.08. The number of carbonyl (C=O) groups is 2. The largest absolute Gasteiger partial charge is 0.480 e. The summed E-state index contributed by atoms with van der Waals surface area (Å²) in [7, 11) is 1.86. The maximum Gasteiger partial charge on any atom is 0.322 e. The number of rotatable bonds is 5. The quantitative estimate of drug-likeness (QED) is 0.676. The maximum atomic E-state index is 11.4. The number of nitrogens with zero attached hydrogens (tertiary/aromatic N) is 3. The number of pyridine rings is 1. The number of aryl methyl sites for hydroxylation is 1. The molecule has 8 nitrogen and oxygen atoms in total. The molecule has 0 bridgehead atoms. The van der Waals surface area contributed by atoms with E-state index in [1.54, 1.807) is 12.5 Å². The highest BCUT2D eigenvalue weighted by atomic mass is 16.4. The Balaban J connectivity index is 2.02. The number of fused-ring (bicyclic) bond motifs is 1. The van der Waals surface area contributed by atoms with Gasteiger partial charge in [-0.05, 0) is 6.07 Å². The van der Waals surface area contributed by atoms with Crippen LogP contribution in [0.4, 0.5) is 5.82 Å². The van der Waals surface area contributed by atoms with Gasteiger partial charge in [-0.3, -0.25) is 9.59 Å². The minimum absolute atomic E-state index is 0.0596. The van der Waals surface area contributed by atoms with E-state index in [0.29, 0.717) is 11.3 Å². The van der Waals surface area contributed by atoms with E-state index in [-0.39, 0.29) is 6.54 Å². The Kier molecular flexibility index (Phi) is 3.60. The predicted molar refractivity (Wildman–Crippen MR) is 67.6 cm³/mol. The molecule has 0 unspecified atom stereocenters.